The predicted octanol–water partition coefficient (Wildman–Crippen LogP) is 1.98. The van der Waals surface area contributed by atoms with Gasteiger partial charge in [-0.05, 0) is 70.6 Å². The van der Waals surface area contributed by atoms with Crippen molar-refractivity contribution >= 4 is 5.91 Å². The Morgan fingerprint density at radius 1 is 1.26 bits per heavy atom. The van der Waals surface area contributed by atoms with E-state index in [-0.39, 0.29) is 17.4 Å². The number of carbonyl (C=O) groups is 1. The average Bonchev–Trinajstić information content (AvgIpc) is 3.06. The van der Waals surface area contributed by atoms with E-state index in [2.05, 4.69) is 38.6 Å². The van der Waals surface area contributed by atoms with Crippen LogP contribution in [-0.4, -0.2) is 71.1 Å². The Morgan fingerprint density at radius 3 is 2.67 bits per heavy atom. The van der Waals surface area contributed by atoms with Crippen LogP contribution in [0.5, 0.6) is 0 Å². The first-order valence-electron chi connectivity index (χ1n) is 10.7. The summed E-state index contributed by atoms with van der Waals surface area (Å²) in [6.07, 6.45) is 12.8. The number of amides is 1. The van der Waals surface area contributed by atoms with Crippen molar-refractivity contribution in [3.8, 4) is 0 Å². The Balaban J connectivity index is 1.35. The molecule has 3 aliphatic rings. The second kappa shape index (κ2) is 7.55. The zero-order valence-corrected chi connectivity index (χ0v) is 17.0. The molecule has 0 bridgehead atoms. The van der Waals surface area contributed by atoms with Crippen molar-refractivity contribution in [3.63, 3.8) is 0 Å². The van der Waals surface area contributed by atoms with E-state index in [4.69, 9.17) is 0 Å². The highest BCUT2D eigenvalue weighted by Crippen LogP contribution is 2.47. The molecule has 0 unspecified atom stereocenters. The molecule has 4 rings (SSSR count). The quantitative estimate of drug-likeness (QED) is 0.794. The van der Waals surface area contributed by atoms with Gasteiger partial charge in [0, 0.05) is 37.4 Å². The Kier molecular flexibility index (Phi) is 5.30. The second-order valence-corrected chi connectivity index (χ2v) is 9.45. The maximum atomic E-state index is 13.1. The Bertz CT molecular complexity index is 631. The average molecular weight is 374 g/mol. The van der Waals surface area contributed by atoms with E-state index in [0.29, 0.717) is 5.41 Å². The lowest BCUT2D eigenvalue weighted by Crippen LogP contribution is -2.45. The maximum absolute atomic E-state index is 13.1. The first-order chi connectivity index (χ1) is 13.0. The van der Waals surface area contributed by atoms with Crippen molar-refractivity contribution in [2.45, 2.75) is 58.0 Å². The number of rotatable bonds is 7. The summed E-state index contributed by atoms with van der Waals surface area (Å²) < 4.78 is 2.14. The third-order valence-electron chi connectivity index (χ3n) is 7.14. The van der Waals surface area contributed by atoms with Gasteiger partial charge in [-0.1, -0.05) is 6.92 Å². The molecular formula is C21H35N5O. The molecule has 0 radical (unpaired) electrons. The smallest absolute Gasteiger partial charge is 0.237 e. The Hall–Kier alpha value is -1.40. The Labute approximate surface area is 163 Å². The molecule has 1 aliphatic carbocycles. The van der Waals surface area contributed by atoms with E-state index in [1.807, 2.05) is 18.7 Å². The molecule has 1 aromatic heterocycles. The molecule has 27 heavy (non-hydrogen) atoms. The third kappa shape index (κ3) is 4.21. The molecule has 1 N–H and O–H groups in total. The van der Waals surface area contributed by atoms with Gasteiger partial charge in [0.05, 0.1) is 12.4 Å². The largest absolute Gasteiger partial charge is 0.354 e. The van der Waals surface area contributed by atoms with Gasteiger partial charge in [-0.15, -0.1) is 0 Å². The number of nitrogens with one attached hydrogen (secondary N) is 1. The molecule has 3 heterocycles. The SMILES string of the molecule is CCCN1CC2(CCN(C)CC2)C[C@H]1C(=O)NCC1(Cn2ccnc2)CC1. The van der Waals surface area contributed by atoms with E-state index in [1.165, 1.54) is 38.8 Å². The van der Waals surface area contributed by atoms with Crippen molar-refractivity contribution < 1.29 is 4.79 Å². The molecule has 2 saturated heterocycles. The number of likely N-dealkylation sites (tertiary alicyclic amines) is 2. The minimum atomic E-state index is 0.0670. The van der Waals surface area contributed by atoms with Crippen LogP contribution in [0, 0.1) is 10.8 Å². The van der Waals surface area contributed by atoms with Crippen LogP contribution in [0.15, 0.2) is 18.7 Å². The normalized spacial score (nSPS) is 27.1. The van der Waals surface area contributed by atoms with Gasteiger partial charge in [0.25, 0.3) is 0 Å². The highest BCUT2D eigenvalue weighted by molar-refractivity contribution is 5.82. The number of hydrogen-bond acceptors (Lipinski definition) is 4. The van der Waals surface area contributed by atoms with Crippen LogP contribution >= 0.6 is 0 Å². The van der Waals surface area contributed by atoms with Crippen LogP contribution < -0.4 is 5.32 Å². The van der Waals surface area contributed by atoms with Crippen LogP contribution in [-0.2, 0) is 11.3 Å². The number of hydrogen-bond donors (Lipinski definition) is 1. The zero-order valence-electron chi connectivity index (χ0n) is 17.0. The number of imidazole rings is 1. The summed E-state index contributed by atoms with van der Waals surface area (Å²) in [5.74, 6) is 0.260. The molecule has 1 aromatic rings. The second-order valence-electron chi connectivity index (χ2n) is 9.45. The topological polar surface area (TPSA) is 53.4 Å². The van der Waals surface area contributed by atoms with Crippen LogP contribution in [0.25, 0.3) is 0 Å². The highest BCUT2D eigenvalue weighted by atomic mass is 16.2. The van der Waals surface area contributed by atoms with Crippen LogP contribution in [0.1, 0.15) is 45.4 Å². The molecule has 6 heteroatoms. The number of carbonyl (C=O) groups excluding carboxylic acids is 1. The van der Waals surface area contributed by atoms with Gasteiger partial charge < -0.3 is 14.8 Å². The lowest BCUT2D eigenvalue weighted by atomic mass is 9.76. The van der Waals surface area contributed by atoms with Crippen molar-refractivity contribution in [1.82, 2.24) is 24.7 Å². The summed E-state index contributed by atoms with van der Waals surface area (Å²) in [7, 11) is 2.21. The molecule has 0 aromatic carbocycles. The highest BCUT2D eigenvalue weighted by Gasteiger charge is 2.48. The first kappa shape index (κ1) is 18.9. The molecule has 1 amide bonds. The van der Waals surface area contributed by atoms with E-state index in [0.717, 1.165) is 39.0 Å². The standard InChI is InChI=1S/C21H35N5O/c1-3-9-26-16-20(6-10-24(2)11-7-20)13-18(26)19(27)23-14-21(4-5-21)15-25-12-8-22-17-25/h8,12,17-18H,3-7,9-11,13-16H2,1-2H3,(H,23,27)/t18-/m0/s1. The predicted molar refractivity (Wildman–Crippen MR) is 106 cm³/mol. The van der Waals surface area contributed by atoms with Gasteiger partial charge in [-0.3, -0.25) is 9.69 Å². The van der Waals surface area contributed by atoms with Crippen molar-refractivity contribution in [1.29, 1.82) is 0 Å². The summed E-state index contributed by atoms with van der Waals surface area (Å²) in [4.78, 5) is 22.2. The molecule has 1 spiro atoms. The summed E-state index contributed by atoms with van der Waals surface area (Å²) in [6, 6.07) is 0.0670. The third-order valence-corrected chi connectivity index (χ3v) is 7.14. The van der Waals surface area contributed by atoms with E-state index < -0.39 is 0 Å². The van der Waals surface area contributed by atoms with Crippen molar-refractivity contribution in [3.05, 3.63) is 18.7 Å². The minimum Gasteiger partial charge on any atom is -0.354 e. The molecule has 1 atom stereocenters. The molecule has 6 nitrogen and oxygen atoms in total. The van der Waals surface area contributed by atoms with Gasteiger partial charge in [0.2, 0.25) is 5.91 Å². The van der Waals surface area contributed by atoms with Gasteiger partial charge in [-0.2, -0.15) is 0 Å². The minimum absolute atomic E-state index is 0.0670. The van der Waals surface area contributed by atoms with Gasteiger partial charge >= 0.3 is 0 Å². The fourth-order valence-electron chi connectivity index (χ4n) is 5.11. The number of nitrogens with zero attached hydrogens (tertiary/aromatic N) is 4. The van der Waals surface area contributed by atoms with Crippen LogP contribution in [0.2, 0.25) is 0 Å². The summed E-state index contributed by atoms with van der Waals surface area (Å²) >= 11 is 0. The number of piperidine rings is 1. The Morgan fingerprint density at radius 2 is 2.04 bits per heavy atom. The summed E-state index contributed by atoms with van der Waals surface area (Å²) in [5, 5.41) is 3.33. The van der Waals surface area contributed by atoms with Crippen LogP contribution in [0.3, 0.4) is 0 Å². The van der Waals surface area contributed by atoms with Crippen molar-refractivity contribution in [2.24, 2.45) is 10.8 Å². The lowest BCUT2D eigenvalue weighted by Gasteiger charge is -2.37. The number of aromatic nitrogens is 2. The summed E-state index contributed by atoms with van der Waals surface area (Å²) in [6.45, 7) is 8.47. The molecule has 3 fully saturated rings. The maximum Gasteiger partial charge on any atom is 0.237 e. The van der Waals surface area contributed by atoms with Crippen molar-refractivity contribution in [2.75, 3.05) is 39.8 Å². The fourth-order valence-corrected chi connectivity index (χ4v) is 5.11. The molecule has 2 aliphatic heterocycles. The fraction of sp³-hybridized carbons (Fsp3) is 0.810. The molecule has 1 saturated carbocycles. The van der Waals surface area contributed by atoms with Gasteiger partial charge in [-0.25, -0.2) is 4.98 Å². The lowest BCUT2D eigenvalue weighted by molar-refractivity contribution is -0.125. The van der Waals surface area contributed by atoms with Gasteiger partial charge in [0.1, 0.15) is 0 Å². The van der Waals surface area contributed by atoms with E-state index in [9.17, 15) is 4.79 Å². The van der Waals surface area contributed by atoms with E-state index in [1.54, 1.807) is 0 Å². The zero-order chi connectivity index (χ0) is 18.9. The summed E-state index contributed by atoms with van der Waals surface area (Å²) in [5.41, 5.74) is 0.605. The monoisotopic (exact) mass is 373 g/mol. The van der Waals surface area contributed by atoms with E-state index >= 15 is 0 Å². The molecule has 150 valence electrons. The first-order valence-corrected chi connectivity index (χ1v) is 10.7. The van der Waals surface area contributed by atoms with Gasteiger partial charge in [0.15, 0.2) is 0 Å². The van der Waals surface area contributed by atoms with Crippen LogP contribution in [0.4, 0.5) is 0 Å². The molecular weight excluding hydrogens is 338 g/mol.